The molecule has 0 aromatic rings. The third kappa shape index (κ3) is 4.18. The summed E-state index contributed by atoms with van der Waals surface area (Å²) in [5, 5.41) is 0. The zero-order chi connectivity index (χ0) is 32.1. The highest BCUT2D eigenvalue weighted by Crippen LogP contribution is 2.65. The van der Waals surface area contributed by atoms with Gasteiger partial charge in [0.2, 0.25) is 0 Å². The molecule has 6 atom stereocenters. The summed E-state index contributed by atoms with van der Waals surface area (Å²) in [6.45, 7) is 27.7. The second-order valence-corrected chi connectivity index (χ2v) is 21.1. The molecule has 0 aromatic heterocycles. The van der Waals surface area contributed by atoms with Crippen molar-refractivity contribution in [1.82, 2.24) is 9.80 Å². The first-order chi connectivity index (χ1) is 20.9. The van der Waals surface area contributed by atoms with E-state index >= 15 is 0 Å². The molecule has 4 heteroatoms. The molecule has 0 spiro atoms. The molecule has 8 bridgehead atoms. The minimum atomic E-state index is 0.156. The zero-order valence-electron chi connectivity index (χ0n) is 30.9. The molecular formula is C41H68N2O2. The van der Waals surface area contributed by atoms with E-state index in [1.807, 2.05) is 0 Å². The number of nitrogens with zero attached hydrogens (tertiary/aromatic N) is 2. The molecule has 0 amide bonds. The summed E-state index contributed by atoms with van der Waals surface area (Å²) in [5.74, 6) is 5.73. The van der Waals surface area contributed by atoms with Gasteiger partial charge in [0.1, 0.15) is 6.10 Å². The Labute approximate surface area is 276 Å². The van der Waals surface area contributed by atoms with Crippen molar-refractivity contribution in [2.75, 3.05) is 13.1 Å². The van der Waals surface area contributed by atoms with Gasteiger partial charge in [-0.3, -0.25) is 14.6 Å². The molecule has 2 saturated heterocycles. The van der Waals surface area contributed by atoms with Crippen LogP contribution in [0.15, 0.2) is 0 Å². The van der Waals surface area contributed by atoms with E-state index in [4.69, 9.17) is 4.74 Å². The molecule has 254 valence electrons. The summed E-state index contributed by atoms with van der Waals surface area (Å²) in [6.07, 6.45) is 15.7. The molecule has 0 N–H and O–H groups in total. The maximum Gasteiger partial charge on any atom is 0.309 e. The molecule has 45 heavy (non-hydrogen) atoms. The second kappa shape index (κ2) is 9.76. The fourth-order valence-corrected chi connectivity index (χ4v) is 14.9. The summed E-state index contributed by atoms with van der Waals surface area (Å²) >= 11 is 0. The topological polar surface area (TPSA) is 32.8 Å². The van der Waals surface area contributed by atoms with Crippen LogP contribution < -0.4 is 0 Å². The van der Waals surface area contributed by atoms with E-state index in [0.29, 0.717) is 45.6 Å². The van der Waals surface area contributed by atoms with E-state index < -0.39 is 0 Å². The first-order valence-electron chi connectivity index (χ1n) is 19.7. The monoisotopic (exact) mass is 621 g/mol. The molecule has 8 saturated carbocycles. The predicted molar refractivity (Wildman–Crippen MR) is 183 cm³/mol. The van der Waals surface area contributed by atoms with Gasteiger partial charge in [0.15, 0.2) is 0 Å². The van der Waals surface area contributed by atoms with E-state index in [2.05, 4.69) is 79.0 Å². The maximum absolute atomic E-state index is 14.4. The minimum absolute atomic E-state index is 0.156. The van der Waals surface area contributed by atoms with Crippen molar-refractivity contribution < 1.29 is 9.53 Å². The number of hydrogen-bond acceptors (Lipinski definition) is 4. The number of piperidine rings is 2. The van der Waals surface area contributed by atoms with Crippen LogP contribution in [-0.4, -0.2) is 57.1 Å². The van der Waals surface area contributed by atoms with E-state index in [0.717, 1.165) is 23.7 Å². The van der Waals surface area contributed by atoms with Gasteiger partial charge in [-0.2, -0.15) is 0 Å². The Bertz CT molecular complexity index is 1180. The summed E-state index contributed by atoms with van der Waals surface area (Å²) in [5.41, 5.74) is 1.58. The molecule has 10 rings (SSSR count). The van der Waals surface area contributed by atoms with Crippen LogP contribution in [0.5, 0.6) is 0 Å². The smallest absolute Gasteiger partial charge is 0.309 e. The van der Waals surface area contributed by atoms with Crippen LogP contribution in [0.1, 0.15) is 146 Å². The van der Waals surface area contributed by atoms with E-state index in [9.17, 15) is 4.79 Å². The highest BCUT2D eigenvalue weighted by molar-refractivity contribution is 5.74. The molecule has 2 aliphatic heterocycles. The third-order valence-corrected chi connectivity index (χ3v) is 18.6. The van der Waals surface area contributed by atoms with Crippen LogP contribution in [0, 0.1) is 64.1 Å². The third-order valence-electron chi connectivity index (χ3n) is 18.6. The van der Waals surface area contributed by atoms with Crippen molar-refractivity contribution in [2.45, 2.75) is 175 Å². The van der Waals surface area contributed by atoms with Crippen molar-refractivity contribution in [3.8, 4) is 0 Å². The number of ether oxygens (including phenoxy) is 1. The van der Waals surface area contributed by atoms with Gasteiger partial charge in [0.25, 0.3) is 0 Å². The van der Waals surface area contributed by atoms with Gasteiger partial charge in [-0.15, -0.1) is 0 Å². The van der Waals surface area contributed by atoms with E-state index in [-0.39, 0.29) is 29.1 Å². The van der Waals surface area contributed by atoms with Gasteiger partial charge in [0.05, 0.1) is 5.92 Å². The molecule has 10 fully saturated rings. The largest absolute Gasteiger partial charge is 0.462 e. The van der Waals surface area contributed by atoms with Crippen LogP contribution in [0.4, 0.5) is 0 Å². The molecule has 2 heterocycles. The van der Waals surface area contributed by atoms with Gasteiger partial charge in [-0.25, -0.2) is 0 Å². The number of carbonyl (C=O) groups excluding carboxylic acids is 1. The number of hydrogen-bond donors (Lipinski definition) is 0. The summed E-state index contributed by atoms with van der Waals surface area (Å²) < 4.78 is 6.89. The molecule has 8 aliphatic carbocycles. The lowest BCUT2D eigenvalue weighted by Crippen LogP contribution is -2.73. The Hall–Kier alpha value is -0.610. The minimum Gasteiger partial charge on any atom is -0.462 e. The van der Waals surface area contributed by atoms with Crippen molar-refractivity contribution in [1.29, 1.82) is 0 Å². The van der Waals surface area contributed by atoms with Crippen molar-refractivity contribution in [2.24, 2.45) is 64.1 Å². The lowest BCUT2D eigenvalue weighted by Gasteiger charge is -2.70. The molecule has 10 aliphatic rings. The van der Waals surface area contributed by atoms with Crippen LogP contribution in [0.25, 0.3) is 0 Å². The van der Waals surface area contributed by atoms with Gasteiger partial charge < -0.3 is 4.74 Å². The number of likely N-dealkylation sites (tertiary alicyclic amines) is 2. The highest BCUT2D eigenvalue weighted by Gasteiger charge is 2.66. The van der Waals surface area contributed by atoms with Crippen LogP contribution in [0.3, 0.4) is 0 Å². The molecular weight excluding hydrogens is 552 g/mol. The van der Waals surface area contributed by atoms with E-state index in [1.165, 1.54) is 90.1 Å². The fourth-order valence-electron chi connectivity index (χ4n) is 14.9. The van der Waals surface area contributed by atoms with Gasteiger partial charge >= 0.3 is 5.97 Å². The molecule has 6 unspecified atom stereocenters. The Balaban J connectivity index is 0.994. The Morgan fingerprint density at radius 3 is 1.38 bits per heavy atom. The second-order valence-electron chi connectivity index (χ2n) is 21.1. The average molecular weight is 621 g/mol. The van der Waals surface area contributed by atoms with Crippen molar-refractivity contribution in [3.05, 3.63) is 0 Å². The average Bonchev–Trinajstić information content (AvgIpc) is 2.92. The van der Waals surface area contributed by atoms with E-state index in [1.54, 1.807) is 0 Å². The molecule has 0 aromatic carbocycles. The molecule has 0 radical (unpaired) electrons. The summed E-state index contributed by atoms with van der Waals surface area (Å²) in [4.78, 5) is 20.4. The maximum atomic E-state index is 14.4. The fraction of sp³-hybridized carbons (Fsp3) is 0.976. The van der Waals surface area contributed by atoms with Crippen LogP contribution >= 0.6 is 0 Å². The predicted octanol–water partition coefficient (Wildman–Crippen LogP) is 8.97. The number of esters is 1. The number of carbonyl (C=O) groups is 1. The quantitative estimate of drug-likeness (QED) is 0.294. The van der Waals surface area contributed by atoms with Crippen molar-refractivity contribution >= 4 is 5.97 Å². The summed E-state index contributed by atoms with van der Waals surface area (Å²) in [7, 11) is 0. The van der Waals surface area contributed by atoms with Crippen LogP contribution in [0.2, 0.25) is 0 Å². The molecule has 4 nitrogen and oxygen atoms in total. The Morgan fingerprint density at radius 2 is 0.956 bits per heavy atom. The standard InChI is InChI=1S/C41H68N2O2/c1-25-11-13-42(38(7,8)36(25,3)4)40-19-27-15-29(21-40)33(30(16-27)22-40)35(44)45-34-31-17-28-18-32(34)24-41(20-28,23-31)43-14-12-26(2)37(5,6)39(43,9)10/h25-34H,11-24H2,1-10H3. The first kappa shape index (κ1) is 31.6. The van der Waals surface area contributed by atoms with Gasteiger partial charge in [0, 0.05) is 22.2 Å². The Kier molecular flexibility index (Phi) is 6.86. The number of rotatable bonds is 4. The zero-order valence-corrected chi connectivity index (χ0v) is 30.9. The lowest BCUT2D eigenvalue weighted by atomic mass is 9.47. The van der Waals surface area contributed by atoms with Gasteiger partial charge in [-0.05, 0) is 176 Å². The van der Waals surface area contributed by atoms with Crippen LogP contribution in [-0.2, 0) is 9.53 Å². The van der Waals surface area contributed by atoms with Gasteiger partial charge in [-0.1, -0.05) is 41.5 Å². The van der Waals surface area contributed by atoms with Crippen molar-refractivity contribution in [3.63, 3.8) is 0 Å². The Morgan fingerprint density at radius 1 is 0.578 bits per heavy atom. The summed E-state index contributed by atoms with van der Waals surface area (Å²) in [6, 6.07) is 0. The first-order valence-corrected chi connectivity index (χ1v) is 19.7. The SMILES string of the molecule is CC1CCN(C23CC4CC(C2)C(OC(=O)C2C5CC6CC2CC(N2CCC(C)C(C)(C)C2(C)C)(C6)C5)C(C4)C3)C(C)(C)C1(C)C. The highest BCUT2D eigenvalue weighted by atomic mass is 16.5. The normalized spacial score (nSPS) is 52.2. The lowest BCUT2D eigenvalue weighted by molar-refractivity contribution is -0.225.